The molecule has 7 nitrogen and oxygen atoms in total. The SMILES string of the molecule is N#CC(c1ccnc(OCC2CCNCC2)n1)c1nc2cnccc2s1. The molecular weight excluding hydrogens is 348 g/mol. The first-order chi connectivity index (χ1) is 12.8. The fourth-order valence-electron chi connectivity index (χ4n) is 2.99. The summed E-state index contributed by atoms with van der Waals surface area (Å²) in [4.78, 5) is 17.3. The number of aromatic nitrogens is 4. The van der Waals surface area contributed by atoms with Crippen LogP contribution in [0, 0.1) is 17.2 Å². The highest BCUT2D eigenvalue weighted by Gasteiger charge is 2.21. The average Bonchev–Trinajstić information content (AvgIpc) is 3.12. The first-order valence-corrected chi connectivity index (χ1v) is 9.41. The molecule has 26 heavy (non-hydrogen) atoms. The van der Waals surface area contributed by atoms with Crippen LogP contribution >= 0.6 is 11.3 Å². The Hall–Kier alpha value is -2.63. The smallest absolute Gasteiger partial charge is 0.316 e. The molecule has 0 spiro atoms. The van der Waals surface area contributed by atoms with Crippen molar-refractivity contribution in [2.24, 2.45) is 5.92 Å². The lowest BCUT2D eigenvalue weighted by Crippen LogP contribution is -2.30. The summed E-state index contributed by atoms with van der Waals surface area (Å²) in [5.41, 5.74) is 1.40. The minimum absolute atomic E-state index is 0.323. The molecule has 132 valence electrons. The molecule has 0 amide bonds. The Kier molecular flexibility index (Phi) is 5.00. The zero-order chi connectivity index (χ0) is 17.8. The van der Waals surface area contributed by atoms with E-state index in [1.54, 1.807) is 24.7 Å². The van der Waals surface area contributed by atoms with Gasteiger partial charge in [-0.2, -0.15) is 10.2 Å². The molecule has 1 aliphatic rings. The summed E-state index contributed by atoms with van der Waals surface area (Å²) in [6.45, 7) is 2.66. The molecule has 1 unspecified atom stereocenters. The molecule has 1 saturated heterocycles. The van der Waals surface area contributed by atoms with E-state index in [0.717, 1.165) is 36.1 Å². The molecule has 0 bridgehead atoms. The summed E-state index contributed by atoms with van der Waals surface area (Å²) >= 11 is 1.48. The van der Waals surface area contributed by atoms with Crippen molar-refractivity contribution in [1.29, 1.82) is 5.26 Å². The van der Waals surface area contributed by atoms with E-state index in [9.17, 15) is 5.26 Å². The first kappa shape index (κ1) is 16.8. The monoisotopic (exact) mass is 366 g/mol. The molecule has 0 aliphatic carbocycles. The van der Waals surface area contributed by atoms with E-state index < -0.39 is 5.92 Å². The van der Waals surface area contributed by atoms with Gasteiger partial charge in [-0.3, -0.25) is 4.98 Å². The van der Waals surface area contributed by atoms with Crippen LogP contribution in [0.2, 0.25) is 0 Å². The highest BCUT2D eigenvalue weighted by atomic mass is 32.1. The molecule has 1 fully saturated rings. The van der Waals surface area contributed by atoms with E-state index in [2.05, 4.69) is 31.3 Å². The molecule has 8 heteroatoms. The van der Waals surface area contributed by atoms with Gasteiger partial charge in [-0.05, 0) is 44.0 Å². The van der Waals surface area contributed by atoms with Gasteiger partial charge in [0.15, 0.2) is 0 Å². The Bertz CT molecular complexity index is 898. The standard InChI is InChI=1S/C18H18N6OS/c19-9-13(17-23-15-10-21-7-4-16(15)26-17)14-3-8-22-18(24-14)25-11-12-1-5-20-6-2-12/h3-4,7-8,10,12-13,20H,1-2,5-6,11H2. The van der Waals surface area contributed by atoms with Crippen LogP contribution in [0.1, 0.15) is 29.5 Å². The Balaban J connectivity index is 1.52. The number of fused-ring (bicyclic) bond motifs is 1. The first-order valence-electron chi connectivity index (χ1n) is 8.60. The predicted molar refractivity (Wildman–Crippen MR) is 98.0 cm³/mol. The molecule has 0 aromatic carbocycles. The number of ether oxygens (including phenoxy) is 1. The van der Waals surface area contributed by atoms with Crippen LogP contribution in [0.4, 0.5) is 0 Å². The van der Waals surface area contributed by atoms with Gasteiger partial charge in [0.25, 0.3) is 0 Å². The van der Waals surface area contributed by atoms with Crippen LogP contribution in [-0.2, 0) is 0 Å². The highest BCUT2D eigenvalue weighted by Crippen LogP contribution is 2.30. The van der Waals surface area contributed by atoms with Crippen molar-refractivity contribution in [3.63, 3.8) is 0 Å². The van der Waals surface area contributed by atoms with Gasteiger partial charge in [-0.15, -0.1) is 11.3 Å². The maximum absolute atomic E-state index is 9.68. The number of nitrogens with one attached hydrogen (secondary N) is 1. The minimum Gasteiger partial charge on any atom is -0.463 e. The lowest BCUT2D eigenvalue weighted by atomic mass is 9.99. The summed E-state index contributed by atoms with van der Waals surface area (Å²) in [5, 5.41) is 13.7. The molecule has 4 rings (SSSR count). The summed E-state index contributed by atoms with van der Waals surface area (Å²) in [6.07, 6.45) is 7.26. The van der Waals surface area contributed by atoms with Crippen molar-refractivity contribution in [1.82, 2.24) is 25.3 Å². The number of hydrogen-bond donors (Lipinski definition) is 1. The number of nitrogens with zero attached hydrogens (tertiary/aromatic N) is 5. The summed E-state index contributed by atoms with van der Waals surface area (Å²) in [5.74, 6) is -0.0244. The van der Waals surface area contributed by atoms with Gasteiger partial charge in [0, 0.05) is 12.4 Å². The van der Waals surface area contributed by atoms with E-state index in [0.29, 0.717) is 29.2 Å². The molecule has 0 radical (unpaired) electrons. The van der Waals surface area contributed by atoms with Gasteiger partial charge in [0.05, 0.1) is 34.8 Å². The van der Waals surface area contributed by atoms with Gasteiger partial charge in [-0.1, -0.05) is 0 Å². The van der Waals surface area contributed by atoms with Gasteiger partial charge in [-0.25, -0.2) is 9.97 Å². The summed E-state index contributed by atoms with van der Waals surface area (Å²) in [7, 11) is 0. The molecule has 1 aliphatic heterocycles. The Labute approximate surface area is 155 Å². The number of nitriles is 1. The van der Waals surface area contributed by atoms with Gasteiger partial charge >= 0.3 is 6.01 Å². The average molecular weight is 366 g/mol. The van der Waals surface area contributed by atoms with Crippen molar-refractivity contribution >= 4 is 21.6 Å². The largest absolute Gasteiger partial charge is 0.463 e. The Morgan fingerprint density at radius 3 is 2.96 bits per heavy atom. The third-order valence-electron chi connectivity index (χ3n) is 4.44. The van der Waals surface area contributed by atoms with Crippen molar-refractivity contribution in [2.75, 3.05) is 19.7 Å². The summed E-state index contributed by atoms with van der Waals surface area (Å²) in [6, 6.07) is 6.27. The second kappa shape index (κ2) is 7.72. The third-order valence-corrected chi connectivity index (χ3v) is 5.54. The van der Waals surface area contributed by atoms with E-state index >= 15 is 0 Å². The van der Waals surface area contributed by atoms with Crippen molar-refractivity contribution < 1.29 is 4.74 Å². The van der Waals surface area contributed by atoms with E-state index in [4.69, 9.17) is 4.74 Å². The Morgan fingerprint density at radius 1 is 1.27 bits per heavy atom. The molecular formula is C18H18N6OS. The second-order valence-corrected chi connectivity index (χ2v) is 7.29. The third kappa shape index (κ3) is 3.64. The number of rotatable bonds is 5. The zero-order valence-electron chi connectivity index (χ0n) is 14.1. The van der Waals surface area contributed by atoms with Crippen LogP contribution in [-0.4, -0.2) is 39.6 Å². The fourth-order valence-corrected chi connectivity index (χ4v) is 3.99. The lowest BCUT2D eigenvalue weighted by Gasteiger charge is -2.22. The van der Waals surface area contributed by atoms with E-state index in [1.165, 1.54) is 11.3 Å². The van der Waals surface area contributed by atoms with Crippen molar-refractivity contribution in [3.05, 3.63) is 41.4 Å². The second-order valence-electron chi connectivity index (χ2n) is 6.23. The maximum atomic E-state index is 9.68. The van der Waals surface area contributed by atoms with Crippen molar-refractivity contribution in [3.8, 4) is 12.1 Å². The maximum Gasteiger partial charge on any atom is 0.316 e. The zero-order valence-corrected chi connectivity index (χ0v) is 14.9. The van der Waals surface area contributed by atoms with Crippen LogP contribution < -0.4 is 10.1 Å². The van der Waals surface area contributed by atoms with E-state index in [-0.39, 0.29) is 0 Å². The molecule has 3 aromatic rings. The van der Waals surface area contributed by atoms with Gasteiger partial charge < -0.3 is 10.1 Å². The normalized spacial score (nSPS) is 16.3. The quantitative estimate of drug-likeness (QED) is 0.741. The predicted octanol–water partition coefficient (Wildman–Crippen LogP) is 2.52. The van der Waals surface area contributed by atoms with Crippen LogP contribution in [0.25, 0.3) is 10.2 Å². The fraction of sp³-hybridized carbons (Fsp3) is 0.389. The minimum atomic E-state index is -0.545. The molecule has 3 aromatic heterocycles. The Morgan fingerprint density at radius 2 is 2.15 bits per heavy atom. The van der Waals surface area contributed by atoms with E-state index in [1.807, 2.05) is 6.07 Å². The van der Waals surface area contributed by atoms with Gasteiger partial charge in [0.1, 0.15) is 10.9 Å². The number of pyridine rings is 1. The molecule has 1 N–H and O–H groups in total. The molecule has 4 heterocycles. The topological polar surface area (TPSA) is 96.6 Å². The van der Waals surface area contributed by atoms with Crippen LogP contribution in [0.3, 0.4) is 0 Å². The highest BCUT2D eigenvalue weighted by molar-refractivity contribution is 7.18. The molecule has 1 atom stereocenters. The van der Waals surface area contributed by atoms with Crippen LogP contribution in [0.5, 0.6) is 6.01 Å². The lowest BCUT2D eigenvalue weighted by molar-refractivity contribution is 0.201. The number of thiazole rings is 1. The number of piperidine rings is 1. The van der Waals surface area contributed by atoms with Gasteiger partial charge in [0.2, 0.25) is 0 Å². The number of hydrogen-bond acceptors (Lipinski definition) is 8. The summed E-state index contributed by atoms with van der Waals surface area (Å²) < 4.78 is 6.80. The van der Waals surface area contributed by atoms with Crippen LogP contribution in [0.15, 0.2) is 30.7 Å². The molecule has 0 saturated carbocycles. The van der Waals surface area contributed by atoms with Crippen molar-refractivity contribution in [2.45, 2.75) is 18.8 Å².